The van der Waals surface area contributed by atoms with Gasteiger partial charge in [-0.15, -0.1) is 0 Å². The molecule has 178 valence electrons. The van der Waals surface area contributed by atoms with Crippen molar-refractivity contribution in [1.29, 1.82) is 0 Å². The Labute approximate surface area is 185 Å². The highest BCUT2D eigenvalue weighted by molar-refractivity contribution is 5.73. The Bertz CT molecular complexity index is 824. The van der Waals surface area contributed by atoms with Crippen LogP contribution in [0.4, 0.5) is 13.2 Å². The molecular weight excluding hydrogens is 427 g/mol. The highest BCUT2D eigenvalue weighted by Crippen LogP contribution is 2.54. The van der Waals surface area contributed by atoms with Crippen LogP contribution in [-0.4, -0.2) is 42.6 Å². The molecule has 2 N–H and O–H groups in total. The van der Waals surface area contributed by atoms with Crippen molar-refractivity contribution < 1.29 is 37.3 Å². The van der Waals surface area contributed by atoms with Crippen LogP contribution in [0.5, 0.6) is 5.75 Å². The predicted molar refractivity (Wildman–Crippen MR) is 110 cm³/mol. The summed E-state index contributed by atoms with van der Waals surface area (Å²) in [6.07, 6.45) is 3.88. The number of fused-ring (bicyclic) bond motifs is 1. The third-order valence-corrected chi connectivity index (χ3v) is 6.76. The van der Waals surface area contributed by atoms with Gasteiger partial charge in [-0.3, -0.25) is 4.79 Å². The van der Waals surface area contributed by atoms with Crippen molar-refractivity contribution in [2.75, 3.05) is 13.3 Å². The zero-order valence-electron chi connectivity index (χ0n) is 18.2. The lowest BCUT2D eigenvalue weighted by Crippen LogP contribution is -2.59. The molecule has 2 fully saturated rings. The number of carbonyl (C=O) groups excluding carboxylic acids is 1. The average Bonchev–Trinajstić information content (AvgIpc) is 2.74. The van der Waals surface area contributed by atoms with Crippen LogP contribution in [0.15, 0.2) is 18.2 Å². The molecule has 2 bridgehead atoms. The highest BCUT2D eigenvalue weighted by Gasteiger charge is 2.51. The minimum absolute atomic E-state index is 0.0121. The first-order valence-electron chi connectivity index (χ1n) is 11.1. The number of carboxylic acid groups (broad SMARTS) is 1. The van der Waals surface area contributed by atoms with Crippen molar-refractivity contribution in [3.63, 3.8) is 0 Å². The zero-order valence-corrected chi connectivity index (χ0v) is 18.2. The van der Waals surface area contributed by atoms with E-state index in [2.05, 4.69) is 17.4 Å². The number of benzene rings is 1. The Morgan fingerprint density at radius 2 is 2.00 bits per heavy atom. The topological polar surface area (TPSA) is 84.9 Å². The Morgan fingerprint density at radius 3 is 2.69 bits per heavy atom. The predicted octanol–water partition coefficient (Wildman–Crippen LogP) is 4.35. The third-order valence-electron chi connectivity index (χ3n) is 6.76. The number of hydrogen-bond acceptors (Lipinski definition) is 5. The molecule has 3 aliphatic rings. The normalized spacial score (nSPS) is 26.0. The second kappa shape index (κ2) is 10.1. The monoisotopic (exact) mass is 457 g/mol. The van der Waals surface area contributed by atoms with Crippen LogP contribution in [0.3, 0.4) is 0 Å². The van der Waals surface area contributed by atoms with Gasteiger partial charge in [0, 0.05) is 17.9 Å². The number of ether oxygens (including phenoxy) is 2. The first-order valence-corrected chi connectivity index (χ1v) is 11.1. The number of piperidine rings is 1. The number of carbonyl (C=O) groups is 2. The standard InChI is InChI=1S/C21H29NO3.C2HF3O2/c1-2-5-20(23)25-14-24-16-8-7-15-12-19-17-6-3-4-9-21(17,10-11-22-19)18(15)13-16;3-2(4,5)1(6)7/h7-8,13,17,19,22H,2-6,9-12,14H2,1H3;(H,6,7)/t17-,19+,21-;/m1./s1. The van der Waals surface area contributed by atoms with E-state index in [4.69, 9.17) is 19.4 Å². The summed E-state index contributed by atoms with van der Waals surface area (Å²) in [4.78, 5) is 20.4. The smallest absolute Gasteiger partial charge is 0.475 e. The number of aliphatic carboxylic acids is 1. The summed E-state index contributed by atoms with van der Waals surface area (Å²) < 4.78 is 42.6. The van der Waals surface area contributed by atoms with Crippen molar-refractivity contribution >= 4 is 11.9 Å². The fraction of sp³-hybridized carbons (Fsp3) is 0.652. The van der Waals surface area contributed by atoms with E-state index in [-0.39, 0.29) is 12.8 Å². The number of carboxylic acids is 1. The van der Waals surface area contributed by atoms with Crippen LogP contribution < -0.4 is 10.1 Å². The van der Waals surface area contributed by atoms with Gasteiger partial charge in [-0.2, -0.15) is 13.2 Å². The minimum atomic E-state index is -5.08. The molecular formula is C23H30F3NO5. The van der Waals surface area contributed by atoms with Crippen LogP contribution in [0.1, 0.15) is 63.0 Å². The summed E-state index contributed by atoms with van der Waals surface area (Å²) in [5.74, 6) is -1.35. The molecule has 0 unspecified atom stereocenters. The molecule has 1 saturated heterocycles. The van der Waals surface area contributed by atoms with Gasteiger partial charge in [0.1, 0.15) is 5.75 Å². The van der Waals surface area contributed by atoms with Crippen LogP contribution in [-0.2, 0) is 26.2 Å². The summed E-state index contributed by atoms with van der Waals surface area (Å²) in [6, 6.07) is 7.14. The van der Waals surface area contributed by atoms with Gasteiger partial charge >= 0.3 is 18.1 Å². The zero-order chi connectivity index (χ0) is 23.4. The molecule has 3 atom stereocenters. The molecule has 1 aromatic rings. The molecule has 1 aromatic carbocycles. The Morgan fingerprint density at radius 1 is 1.25 bits per heavy atom. The van der Waals surface area contributed by atoms with Crippen molar-refractivity contribution in [2.45, 2.75) is 75.9 Å². The molecule has 0 radical (unpaired) electrons. The second-order valence-electron chi connectivity index (χ2n) is 8.67. The maximum absolute atomic E-state index is 11.5. The number of esters is 1. The summed E-state index contributed by atoms with van der Waals surface area (Å²) >= 11 is 0. The van der Waals surface area contributed by atoms with Gasteiger partial charge in [0.25, 0.3) is 0 Å². The summed E-state index contributed by atoms with van der Waals surface area (Å²) in [6.45, 7) is 3.11. The minimum Gasteiger partial charge on any atom is -0.475 e. The van der Waals surface area contributed by atoms with Gasteiger partial charge in [0.2, 0.25) is 6.79 Å². The molecule has 9 heteroatoms. The maximum Gasteiger partial charge on any atom is 0.490 e. The quantitative estimate of drug-likeness (QED) is 0.505. The molecule has 0 aromatic heterocycles. The molecule has 0 spiro atoms. The van der Waals surface area contributed by atoms with E-state index in [1.165, 1.54) is 43.2 Å². The molecule has 2 aliphatic carbocycles. The van der Waals surface area contributed by atoms with E-state index in [1.807, 2.05) is 13.0 Å². The van der Waals surface area contributed by atoms with E-state index < -0.39 is 12.1 Å². The molecule has 6 nitrogen and oxygen atoms in total. The molecule has 32 heavy (non-hydrogen) atoms. The van der Waals surface area contributed by atoms with Crippen molar-refractivity contribution in [2.24, 2.45) is 5.92 Å². The van der Waals surface area contributed by atoms with Crippen LogP contribution in [0.25, 0.3) is 0 Å². The molecule has 1 heterocycles. The van der Waals surface area contributed by atoms with Gasteiger partial charge in [-0.05, 0) is 67.8 Å². The molecule has 1 saturated carbocycles. The van der Waals surface area contributed by atoms with Crippen molar-refractivity contribution in [3.05, 3.63) is 29.3 Å². The number of alkyl halides is 3. The lowest BCUT2D eigenvalue weighted by molar-refractivity contribution is -0.192. The van der Waals surface area contributed by atoms with Gasteiger partial charge in [-0.25, -0.2) is 4.79 Å². The second-order valence-corrected chi connectivity index (χ2v) is 8.67. The fourth-order valence-electron chi connectivity index (χ4n) is 5.43. The molecule has 1 aliphatic heterocycles. The fourth-order valence-corrected chi connectivity index (χ4v) is 5.43. The lowest BCUT2D eigenvalue weighted by Gasteiger charge is -2.56. The van der Waals surface area contributed by atoms with Gasteiger partial charge in [0.05, 0.1) is 0 Å². The van der Waals surface area contributed by atoms with E-state index in [0.717, 1.165) is 31.1 Å². The van der Waals surface area contributed by atoms with Crippen LogP contribution in [0, 0.1) is 5.92 Å². The highest BCUT2D eigenvalue weighted by atomic mass is 19.4. The number of nitrogens with one attached hydrogen (secondary N) is 1. The Balaban J connectivity index is 0.000000360. The first-order chi connectivity index (χ1) is 15.2. The van der Waals surface area contributed by atoms with E-state index in [9.17, 15) is 18.0 Å². The maximum atomic E-state index is 11.5. The summed E-state index contributed by atoms with van der Waals surface area (Å²) in [5.41, 5.74) is 3.32. The molecule has 4 rings (SSSR count). The van der Waals surface area contributed by atoms with Crippen molar-refractivity contribution in [1.82, 2.24) is 5.32 Å². The van der Waals surface area contributed by atoms with E-state index in [0.29, 0.717) is 17.9 Å². The molecule has 0 amide bonds. The number of hydrogen-bond donors (Lipinski definition) is 2. The summed E-state index contributed by atoms with van der Waals surface area (Å²) in [7, 11) is 0. The SMILES string of the molecule is CCCC(=O)OCOc1ccc2c(c1)[C@@]13CCCC[C@@H]1[C@H](C2)NCC3.O=C(O)C(F)(F)F. The van der Waals surface area contributed by atoms with Crippen LogP contribution in [0.2, 0.25) is 0 Å². The van der Waals surface area contributed by atoms with E-state index >= 15 is 0 Å². The van der Waals surface area contributed by atoms with Gasteiger partial charge in [-0.1, -0.05) is 25.8 Å². The number of rotatable bonds is 5. The number of halogens is 3. The average molecular weight is 457 g/mol. The Hall–Kier alpha value is -2.29. The van der Waals surface area contributed by atoms with Gasteiger partial charge in [0.15, 0.2) is 0 Å². The largest absolute Gasteiger partial charge is 0.490 e. The van der Waals surface area contributed by atoms with Crippen LogP contribution >= 0.6 is 0 Å². The first kappa shape index (κ1) is 24.4. The van der Waals surface area contributed by atoms with E-state index in [1.54, 1.807) is 0 Å². The van der Waals surface area contributed by atoms with Crippen molar-refractivity contribution in [3.8, 4) is 5.75 Å². The third kappa shape index (κ3) is 5.36. The lowest BCUT2D eigenvalue weighted by atomic mass is 9.53. The summed E-state index contributed by atoms with van der Waals surface area (Å²) in [5, 5.41) is 10.9. The van der Waals surface area contributed by atoms with Gasteiger partial charge < -0.3 is 19.9 Å². The Kier molecular flexibility index (Phi) is 7.69.